The first-order chi connectivity index (χ1) is 13.9. The molecule has 0 spiro atoms. The Morgan fingerprint density at radius 1 is 0.321 bits per heavy atom. The van der Waals surface area contributed by atoms with E-state index in [9.17, 15) is 0 Å². The Morgan fingerprint density at radius 3 is 1.46 bits per heavy atom. The third-order valence-corrected chi connectivity index (χ3v) is 5.28. The van der Waals surface area contributed by atoms with Gasteiger partial charge in [0.15, 0.2) is 0 Å². The molecule has 5 aromatic carbocycles. The van der Waals surface area contributed by atoms with E-state index in [1.807, 2.05) is 0 Å². The summed E-state index contributed by atoms with van der Waals surface area (Å²) in [6.07, 6.45) is 0. The van der Waals surface area contributed by atoms with Crippen LogP contribution in [0.3, 0.4) is 0 Å². The van der Waals surface area contributed by atoms with Crippen molar-refractivity contribution in [2.24, 2.45) is 0 Å². The van der Waals surface area contributed by atoms with Crippen molar-refractivity contribution >= 4 is 10.8 Å². The van der Waals surface area contributed by atoms with E-state index in [0.717, 1.165) is 0 Å². The van der Waals surface area contributed by atoms with Crippen molar-refractivity contribution in [3.8, 4) is 33.4 Å². The predicted molar refractivity (Wildman–Crippen MR) is 120 cm³/mol. The molecule has 132 valence electrons. The largest absolute Gasteiger partial charge is 0.0622 e. The van der Waals surface area contributed by atoms with Crippen LogP contribution in [0.4, 0.5) is 0 Å². The van der Waals surface area contributed by atoms with Gasteiger partial charge in [-0.2, -0.15) is 0 Å². The fourth-order valence-corrected chi connectivity index (χ4v) is 4.00. The molecule has 0 amide bonds. The molecule has 0 aliphatic heterocycles. The van der Waals surface area contributed by atoms with Gasteiger partial charge in [0.05, 0.1) is 0 Å². The van der Waals surface area contributed by atoms with Crippen LogP contribution < -0.4 is 0 Å². The Kier molecular flexibility index (Phi) is 4.23. The van der Waals surface area contributed by atoms with Crippen molar-refractivity contribution < 1.29 is 0 Å². The van der Waals surface area contributed by atoms with Crippen molar-refractivity contribution in [3.63, 3.8) is 0 Å². The van der Waals surface area contributed by atoms with Crippen LogP contribution in [0.25, 0.3) is 44.2 Å². The maximum Gasteiger partial charge on any atom is -0.00206 e. The van der Waals surface area contributed by atoms with Gasteiger partial charge in [0.2, 0.25) is 0 Å². The maximum absolute atomic E-state index is 2.26. The number of benzene rings is 5. The minimum absolute atomic E-state index is 1.24. The van der Waals surface area contributed by atoms with Crippen LogP contribution in [0.1, 0.15) is 0 Å². The molecule has 0 heterocycles. The van der Waals surface area contributed by atoms with E-state index in [0.29, 0.717) is 0 Å². The normalized spacial score (nSPS) is 10.9. The lowest BCUT2D eigenvalue weighted by Crippen LogP contribution is -1.90. The molecule has 0 fully saturated rings. The van der Waals surface area contributed by atoms with Crippen molar-refractivity contribution in [1.82, 2.24) is 0 Å². The Hall–Kier alpha value is -3.64. The summed E-state index contributed by atoms with van der Waals surface area (Å²) in [7, 11) is 0. The molecule has 5 aromatic rings. The van der Waals surface area contributed by atoms with Gasteiger partial charge in [0, 0.05) is 0 Å². The van der Waals surface area contributed by atoms with Crippen LogP contribution in [0.15, 0.2) is 121 Å². The van der Waals surface area contributed by atoms with E-state index in [2.05, 4.69) is 121 Å². The number of hydrogen-bond donors (Lipinski definition) is 0. The Morgan fingerprint density at radius 2 is 0.857 bits per heavy atom. The first-order valence-electron chi connectivity index (χ1n) is 9.64. The molecule has 0 aliphatic rings. The molecular formula is C28H20. The molecular weight excluding hydrogens is 336 g/mol. The molecule has 0 aromatic heterocycles. The Labute approximate surface area is 165 Å². The van der Waals surface area contributed by atoms with Crippen LogP contribution in [0, 0.1) is 0 Å². The summed E-state index contributed by atoms with van der Waals surface area (Å²) < 4.78 is 0. The lowest BCUT2D eigenvalue weighted by Gasteiger charge is -2.17. The average Bonchev–Trinajstić information content (AvgIpc) is 2.79. The molecule has 0 nitrogen and oxygen atoms in total. The monoisotopic (exact) mass is 356 g/mol. The molecule has 0 heteroatoms. The second kappa shape index (κ2) is 7.17. The summed E-state index contributed by atoms with van der Waals surface area (Å²) in [4.78, 5) is 0. The molecule has 0 aliphatic carbocycles. The molecule has 0 saturated heterocycles. The summed E-state index contributed by atoms with van der Waals surface area (Å²) >= 11 is 0. The Bertz CT molecular complexity index is 1220. The second-order valence-corrected chi connectivity index (χ2v) is 6.99. The van der Waals surface area contributed by atoms with Gasteiger partial charge in [0.1, 0.15) is 0 Å². The van der Waals surface area contributed by atoms with Gasteiger partial charge in [-0.1, -0.05) is 121 Å². The lowest BCUT2D eigenvalue weighted by molar-refractivity contribution is 1.60. The molecule has 0 saturated carbocycles. The summed E-state index contributed by atoms with van der Waals surface area (Å²) in [6.45, 7) is 0. The van der Waals surface area contributed by atoms with Crippen molar-refractivity contribution in [1.29, 1.82) is 0 Å². The zero-order valence-corrected chi connectivity index (χ0v) is 15.5. The highest BCUT2D eigenvalue weighted by Gasteiger charge is 2.15. The van der Waals surface area contributed by atoms with Crippen LogP contribution in [-0.2, 0) is 0 Å². The van der Waals surface area contributed by atoms with Crippen molar-refractivity contribution in [3.05, 3.63) is 121 Å². The second-order valence-electron chi connectivity index (χ2n) is 6.99. The van der Waals surface area contributed by atoms with Crippen molar-refractivity contribution in [2.45, 2.75) is 0 Å². The minimum atomic E-state index is 1.24. The molecule has 0 N–H and O–H groups in total. The van der Waals surface area contributed by atoms with E-state index in [4.69, 9.17) is 0 Å². The van der Waals surface area contributed by atoms with E-state index in [1.54, 1.807) is 0 Å². The zero-order chi connectivity index (χ0) is 18.8. The predicted octanol–water partition coefficient (Wildman–Crippen LogP) is 7.84. The van der Waals surface area contributed by atoms with Gasteiger partial charge in [-0.3, -0.25) is 0 Å². The lowest BCUT2D eigenvalue weighted by atomic mass is 9.86. The van der Waals surface area contributed by atoms with Crippen LogP contribution in [0.2, 0.25) is 0 Å². The zero-order valence-electron chi connectivity index (χ0n) is 15.5. The summed E-state index contributed by atoms with van der Waals surface area (Å²) in [5.41, 5.74) is 7.57. The molecule has 0 unspecified atom stereocenters. The van der Waals surface area contributed by atoms with Gasteiger partial charge in [-0.05, 0) is 44.2 Å². The average molecular weight is 356 g/mol. The topological polar surface area (TPSA) is 0 Å². The highest BCUT2D eigenvalue weighted by molar-refractivity contribution is 6.11. The van der Waals surface area contributed by atoms with Crippen LogP contribution in [-0.4, -0.2) is 0 Å². The molecule has 0 radical (unpaired) electrons. The van der Waals surface area contributed by atoms with E-state index < -0.39 is 0 Å². The van der Waals surface area contributed by atoms with E-state index in [1.165, 1.54) is 44.2 Å². The summed E-state index contributed by atoms with van der Waals surface area (Å²) in [6, 6.07) is 43.2. The van der Waals surface area contributed by atoms with Gasteiger partial charge in [0.25, 0.3) is 0 Å². The first kappa shape index (κ1) is 16.5. The number of fused-ring (bicyclic) bond motifs is 1. The van der Waals surface area contributed by atoms with E-state index in [-0.39, 0.29) is 0 Å². The fraction of sp³-hybridized carbons (Fsp3) is 0. The molecule has 28 heavy (non-hydrogen) atoms. The fourth-order valence-electron chi connectivity index (χ4n) is 4.00. The van der Waals surface area contributed by atoms with Crippen LogP contribution >= 0.6 is 0 Å². The third kappa shape index (κ3) is 2.90. The summed E-state index contributed by atoms with van der Waals surface area (Å²) in [5, 5.41) is 2.57. The first-order valence-corrected chi connectivity index (χ1v) is 9.64. The van der Waals surface area contributed by atoms with Gasteiger partial charge in [-0.15, -0.1) is 0 Å². The highest BCUT2D eigenvalue weighted by Crippen LogP contribution is 2.42. The third-order valence-electron chi connectivity index (χ3n) is 5.28. The van der Waals surface area contributed by atoms with Crippen LogP contribution in [0.5, 0.6) is 0 Å². The number of rotatable bonds is 3. The molecule has 0 atom stereocenters. The highest BCUT2D eigenvalue weighted by atomic mass is 14.2. The molecule has 0 bridgehead atoms. The van der Waals surface area contributed by atoms with E-state index >= 15 is 0 Å². The van der Waals surface area contributed by atoms with Gasteiger partial charge >= 0.3 is 0 Å². The molecule has 5 rings (SSSR count). The van der Waals surface area contributed by atoms with Gasteiger partial charge in [-0.25, -0.2) is 0 Å². The maximum atomic E-state index is 2.26. The quantitative estimate of drug-likeness (QED) is 0.309. The van der Waals surface area contributed by atoms with Crippen molar-refractivity contribution in [2.75, 3.05) is 0 Å². The van der Waals surface area contributed by atoms with Gasteiger partial charge < -0.3 is 0 Å². The Balaban J connectivity index is 1.93. The number of hydrogen-bond acceptors (Lipinski definition) is 0. The minimum Gasteiger partial charge on any atom is -0.0622 e. The smallest absolute Gasteiger partial charge is 0.00206 e. The standard InChI is InChI=1S/C28H20/c1-4-11-21(12-5-1)25-18-10-17-24-19-20-26(22-13-6-2-7-14-22)27(28(24)25)23-15-8-3-9-16-23/h1-20H. The SMILES string of the molecule is c1ccc(-c2ccc3cccc(-c4ccccc4)c3c2-c2ccccc2)cc1. The summed E-state index contributed by atoms with van der Waals surface area (Å²) in [5.74, 6) is 0.